The minimum Gasteiger partial charge on any atom is -0.344 e. The smallest absolute Gasteiger partial charge is 0.270 e. The van der Waals surface area contributed by atoms with Crippen molar-refractivity contribution < 1.29 is 14.5 Å². The van der Waals surface area contributed by atoms with E-state index in [1.54, 1.807) is 11.9 Å². The molecular formula is C17H23N3O4. The fraction of sp³-hybridized carbons (Fsp3) is 0.529. The molecule has 2 rings (SSSR count). The molecule has 0 bridgehead atoms. The molecule has 0 aromatic heterocycles. The summed E-state index contributed by atoms with van der Waals surface area (Å²) in [5.74, 6) is -0.0994. The lowest BCUT2D eigenvalue weighted by Gasteiger charge is -2.27. The van der Waals surface area contributed by atoms with Gasteiger partial charge in [-0.25, -0.2) is 0 Å². The Morgan fingerprint density at radius 1 is 1.29 bits per heavy atom. The van der Waals surface area contributed by atoms with Crippen molar-refractivity contribution in [3.63, 3.8) is 0 Å². The largest absolute Gasteiger partial charge is 0.344 e. The summed E-state index contributed by atoms with van der Waals surface area (Å²) in [6, 6.07) is 5.45. The van der Waals surface area contributed by atoms with Crippen LogP contribution in [-0.2, 0) is 4.79 Å². The Bertz CT molecular complexity index is 612. The molecule has 7 nitrogen and oxygen atoms in total. The third-order valence-corrected chi connectivity index (χ3v) is 4.40. The monoisotopic (exact) mass is 333 g/mol. The van der Waals surface area contributed by atoms with Crippen molar-refractivity contribution in [3.8, 4) is 0 Å². The van der Waals surface area contributed by atoms with Gasteiger partial charge in [0.25, 0.3) is 11.6 Å². The van der Waals surface area contributed by atoms with Crippen LogP contribution in [0.2, 0.25) is 0 Å². The Labute approximate surface area is 141 Å². The number of nitro groups is 1. The highest BCUT2D eigenvalue weighted by molar-refractivity contribution is 5.96. The summed E-state index contributed by atoms with van der Waals surface area (Å²) >= 11 is 0. The normalized spacial score (nSPS) is 14.9. The summed E-state index contributed by atoms with van der Waals surface area (Å²) in [5.41, 5.74) is 0.0235. The Kier molecular flexibility index (Phi) is 6.28. The zero-order valence-electron chi connectivity index (χ0n) is 13.9. The quantitative estimate of drug-likeness (QED) is 0.639. The number of benzene rings is 1. The zero-order valence-corrected chi connectivity index (χ0v) is 13.9. The van der Waals surface area contributed by atoms with Crippen molar-refractivity contribution >= 4 is 17.5 Å². The van der Waals surface area contributed by atoms with Gasteiger partial charge in [0.2, 0.25) is 5.91 Å². The van der Waals surface area contributed by atoms with Crippen LogP contribution in [0, 0.1) is 16.0 Å². The average Bonchev–Trinajstić information content (AvgIpc) is 2.60. The van der Waals surface area contributed by atoms with Crippen LogP contribution in [0.3, 0.4) is 0 Å². The number of carbonyl (C=O) groups is 2. The Balaban J connectivity index is 1.83. The molecule has 0 radical (unpaired) electrons. The molecule has 0 spiro atoms. The van der Waals surface area contributed by atoms with Crippen LogP contribution in [0.15, 0.2) is 24.3 Å². The molecule has 2 amide bonds. The molecule has 1 fully saturated rings. The first-order valence-electron chi connectivity index (χ1n) is 8.24. The number of hydrogen-bond acceptors (Lipinski definition) is 4. The first kappa shape index (κ1) is 17.9. The molecule has 0 saturated heterocycles. The number of amides is 2. The highest BCUT2D eigenvalue weighted by atomic mass is 16.6. The van der Waals surface area contributed by atoms with Gasteiger partial charge in [-0.05, 0) is 24.8 Å². The lowest BCUT2D eigenvalue weighted by molar-refractivity contribution is -0.384. The number of nitrogens with one attached hydrogen (secondary N) is 1. The third-order valence-electron chi connectivity index (χ3n) is 4.40. The molecule has 1 aliphatic carbocycles. The van der Waals surface area contributed by atoms with Crippen LogP contribution in [0.1, 0.15) is 42.5 Å². The van der Waals surface area contributed by atoms with Gasteiger partial charge >= 0.3 is 0 Å². The van der Waals surface area contributed by atoms with Gasteiger partial charge in [-0.3, -0.25) is 19.7 Å². The lowest BCUT2D eigenvalue weighted by atomic mass is 9.89. The van der Waals surface area contributed by atoms with E-state index in [-0.39, 0.29) is 23.7 Å². The molecule has 1 aromatic carbocycles. The zero-order chi connectivity index (χ0) is 17.5. The van der Waals surface area contributed by atoms with Crippen molar-refractivity contribution in [1.82, 2.24) is 10.2 Å². The second kappa shape index (κ2) is 8.42. The molecule has 0 heterocycles. The molecular weight excluding hydrogens is 310 g/mol. The van der Waals surface area contributed by atoms with Crippen LogP contribution in [0.5, 0.6) is 0 Å². The second-order valence-electron chi connectivity index (χ2n) is 6.27. The van der Waals surface area contributed by atoms with Crippen molar-refractivity contribution in [1.29, 1.82) is 0 Å². The maximum Gasteiger partial charge on any atom is 0.270 e. The van der Waals surface area contributed by atoms with Gasteiger partial charge in [0.15, 0.2) is 0 Å². The van der Waals surface area contributed by atoms with E-state index < -0.39 is 10.8 Å². The van der Waals surface area contributed by atoms with E-state index in [1.165, 1.54) is 43.5 Å². The topological polar surface area (TPSA) is 92.6 Å². The molecule has 1 aliphatic rings. The van der Waals surface area contributed by atoms with Gasteiger partial charge in [0.05, 0.1) is 11.5 Å². The summed E-state index contributed by atoms with van der Waals surface area (Å²) in [7, 11) is 1.75. The van der Waals surface area contributed by atoms with Gasteiger partial charge in [-0.15, -0.1) is 0 Å². The fourth-order valence-electron chi connectivity index (χ4n) is 3.01. The molecule has 7 heteroatoms. The van der Waals surface area contributed by atoms with Crippen molar-refractivity contribution in [2.75, 3.05) is 20.1 Å². The lowest BCUT2D eigenvalue weighted by Crippen LogP contribution is -2.40. The number of hydrogen-bond donors (Lipinski definition) is 1. The Hall–Kier alpha value is -2.44. The van der Waals surface area contributed by atoms with Gasteiger partial charge in [-0.1, -0.05) is 25.3 Å². The van der Waals surface area contributed by atoms with Gasteiger partial charge in [-0.2, -0.15) is 0 Å². The standard InChI is InChI=1S/C17H23N3O4/c1-19(12-13-6-3-2-4-7-13)16(21)11-18-17(22)14-8-5-9-15(10-14)20(23)24/h5,8-10,13H,2-4,6-7,11-12H2,1H3,(H,18,22). The number of likely N-dealkylation sites (N-methyl/N-ethyl adjacent to an activating group) is 1. The maximum absolute atomic E-state index is 12.1. The number of carbonyl (C=O) groups excluding carboxylic acids is 2. The molecule has 0 atom stereocenters. The van der Waals surface area contributed by atoms with E-state index in [9.17, 15) is 19.7 Å². The van der Waals surface area contributed by atoms with E-state index >= 15 is 0 Å². The first-order chi connectivity index (χ1) is 11.5. The summed E-state index contributed by atoms with van der Waals surface area (Å²) in [4.78, 5) is 36.0. The van der Waals surface area contributed by atoms with E-state index in [0.29, 0.717) is 12.5 Å². The van der Waals surface area contributed by atoms with E-state index in [4.69, 9.17) is 0 Å². The molecule has 130 valence electrons. The van der Waals surface area contributed by atoms with Crippen LogP contribution in [-0.4, -0.2) is 41.8 Å². The SMILES string of the molecule is CN(CC1CCCCC1)C(=O)CNC(=O)c1cccc([N+](=O)[O-])c1. The van der Waals surface area contributed by atoms with Crippen molar-refractivity contribution in [3.05, 3.63) is 39.9 Å². The number of non-ortho nitro benzene ring substituents is 1. The van der Waals surface area contributed by atoms with Crippen LogP contribution in [0.25, 0.3) is 0 Å². The number of nitrogens with zero attached hydrogens (tertiary/aromatic N) is 2. The molecule has 1 aromatic rings. The fourth-order valence-corrected chi connectivity index (χ4v) is 3.01. The van der Waals surface area contributed by atoms with Crippen LogP contribution >= 0.6 is 0 Å². The number of rotatable bonds is 6. The van der Waals surface area contributed by atoms with Crippen LogP contribution < -0.4 is 5.32 Å². The summed E-state index contributed by atoms with van der Waals surface area (Å²) in [5, 5.41) is 13.3. The van der Waals surface area contributed by atoms with E-state index in [0.717, 1.165) is 12.8 Å². The minimum atomic E-state index is -0.556. The Morgan fingerprint density at radius 3 is 2.67 bits per heavy atom. The molecule has 1 saturated carbocycles. The average molecular weight is 333 g/mol. The summed E-state index contributed by atoms with van der Waals surface area (Å²) in [6.07, 6.45) is 6.01. The molecule has 1 N–H and O–H groups in total. The molecule has 0 unspecified atom stereocenters. The highest BCUT2D eigenvalue weighted by Gasteiger charge is 2.19. The predicted octanol–water partition coefficient (Wildman–Crippen LogP) is 2.36. The predicted molar refractivity (Wildman–Crippen MR) is 89.6 cm³/mol. The third kappa shape index (κ3) is 5.04. The van der Waals surface area contributed by atoms with E-state index in [2.05, 4.69) is 5.32 Å². The highest BCUT2D eigenvalue weighted by Crippen LogP contribution is 2.24. The minimum absolute atomic E-state index is 0.106. The van der Waals surface area contributed by atoms with Gasteiger partial charge < -0.3 is 10.2 Å². The van der Waals surface area contributed by atoms with E-state index in [1.807, 2.05) is 0 Å². The second-order valence-corrected chi connectivity index (χ2v) is 6.27. The van der Waals surface area contributed by atoms with Crippen molar-refractivity contribution in [2.45, 2.75) is 32.1 Å². The number of nitro benzene ring substituents is 1. The van der Waals surface area contributed by atoms with Gasteiger partial charge in [0.1, 0.15) is 0 Å². The van der Waals surface area contributed by atoms with Crippen molar-refractivity contribution in [2.24, 2.45) is 5.92 Å². The molecule has 0 aliphatic heterocycles. The molecule has 24 heavy (non-hydrogen) atoms. The first-order valence-corrected chi connectivity index (χ1v) is 8.24. The Morgan fingerprint density at radius 2 is 2.00 bits per heavy atom. The van der Waals surface area contributed by atoms with Crippen LogP contribution in [0.4, 0.5) is 5.69 Å². The summed E-state index contributed by atoms with van der Waals surface area (Å²) in [6.45, 7) is 0.607. The van der Waals surface area contributed by atoms with Gasteiger partial charge in [0, 0.05) is 31.3 Å². The maximum atomic E-state index is 12.1. The summed E-state index contributed by atoms with van der Waals surface area (Å²) < 4.78 is 0.